The number of allylic oxidation sites excluding steroid dienone is 3. The fourth-order valence-electron chi connectivity index (χ4n) is 0.977. The summed E-state index contributed by atoms with van der Waals surface area (Å²) >= 11 is 0. The summed E-state index contributed by atoms with van der Waals surface area (Å²) in [6.45, 7) is 16.3. The first-order valence-electron chi connectivity index (χ1n) is 3.41. The van der Waals surface area contributed by atoms with Crippen LogP contribution in [-0.2, 0) is 4.57 Å². The summed E-state index contributed by atoms with van der Waals surface area (Å²) in [5.74, 6) is 0. The van der Waals surface area contributed by atoms with Crippen molar-refractivity contribution >= 4 is 7.14 Å². The Hall–Kier alpha value is -0.550. The molecule has 0 fully saturated rings. The molecule has 0 heterocycles. The highest BCUT2D eigenvalue weighted by molar-refractivity contribution is 7.75. The van der Waals surface area contributed by atoms with Gasteiger partial charge in [0, 0.05) is 0 Å². The van der Waals surface area contributed by atoms with Crippen molar-refractivity contribution in [1.29, 1.82) is 0 Å². The summed E-state index contributed by atoms with van der Waals surface area (Å²) in [4.78, 5) is 0. The molecule has 0 N–H and O–H groups in total. The lowest BCUT2D eigenvalue weighted by Gasteiger charge is -2.17. The average molecular weight is 170 g/mol. The van der Waals surface area contributed by atoms with E-state index in [1.165, 1.54) is 0 Å². The van der Waals surface area contributed by atoms with Crippen molar-refractivity contribution in [3.8, 4) is 0 Å². The number of hydrogen-bond donors (Lipinski definition) is 0. The molecule has 11 heavy (non-hydrogen) atoms. The lowest BCUT2D eigenvalue weighted by molar-refractivity contribution is 0.586. The zero-order valence-corrected chi connectivity index (χ0v) is 8.37. The Morgan fingerprint density at radius 3 is 1.09 bits per heavy atom. The van der Waals surface area contributed by atoms with Crippen molar-refractivity contribution in [2.75, 3.05) is 0 Å². The van der Waals surface area contributed by atoms with E-state index in [4.69, 9.17) is 0 Å². The first kappa shape index (κ1) is 10.4. The summed E-state index contributed by atoms with van der Waals surface area (Å²) in [6.07, 6.45) is 0. The fraction of sp³-hybridized carbons (Fsp3) is 0.333. The standard InChI is InChI=1S/C9H15OP/c1-7(2)11(10,8(3)4)9(5)6/h1,3,5H2,2,4,6H3. The first-order chi connectivity index (χ1) is 4.83. The van der Waals surface area contributed by atoms with Gasteiger partial charge in [-0.15, -0.1) is 0 Å². The highest BCUT2D eigenvalue weighted by Crippen LogP contribution is 2.64. The molecule has 0 saturated carbocycles. The Kier molecular flexibility index (Phi) is 3.07. The van der Waals surface area contributed by atoms with Gasteiger partial charge >= 0.3 is 0 Å². The van der Waals surface area contributed by atoms with Gasteiger partial charge in [-0.3, -0.25) is 0 Å². The van der Waals surface area contributed by atoms with Gasteiger partial charge in [0.2, 0.25) is 0 Å². The Morgan fingerprint density at radius 1 is 0.909 bits per heavy atom. The minimum atomic E-state index is -2.52. The molecule has 0 saturated heterocycles. The van der Waals surface area contributed by atoms with Crippen molar-refractivity contribution < 1.29 is 4.57 Å². The largest absolute Gasteiger partial charge is 0.310 e. The molecule has 0 aliphatic carbocycles. The molecule has 0 spiro atoms. The Bertz CT molecular complexity index is 218. The molecule has 0 unspecified atom stereocenters. The van der Waals surface area contributed by atoms with E-state index >= 15 is 0 Å². The van der Waals surface area contributed by atoms with Crippen LogP contribution in [0.5, 0.6) is 0 Å². The van der Waals surface area contributed by atoms with E-state index in [1.54, 1.807) is 20.8 Å². The lowest BCUT2D eigenvalue weighted by atomic mass is 10.7. The lowest BCUT2D eigenvalue weighted by Crippen LogP contribution is -1.84. The second-order valence-electron chi connectivity index (χ2n) is 2.82. The minimum Gasteiger partial charge on any atom is -0.310 e. The second kappa shape index (κ2) is 3.23. The molecular weight excluding hydrogens is 155 g/mol. The Balaban J connectivity index is 5.18. The molecule has 0 aromatic rings. The smallest absolute Gasteiger partial charge is 0.156 e. The van der Waals surface area contributed by atoms with Crippen molar-refractivity contribution in [1.82, 2.24) is 0 Å². The highest BCUT2D eigenvalue weighted by Gasteiger charge is 2.24. The van der Waals surface area contributed by atoms with Crippen LogP contribution in [0.2, 0.25) is 0 Å². The van der Waals surface area contributed by atoms with Gasteiger partial charge in [0.25, 0.3) is 0 Å². The van der Waals surface area contributed by atoms with Crippen LogP contribution in [-0.4, -0.2) is 0 Å². The molecule has 1 nitrogen and oxygen atoms in total. The summed E-state index contributed by atoms with van der Waals surface area (Å²) in [5.41, 5.74) is 0. The van der Waals surface area contributed by atoms with Crippen molar-refractivity contribution in [3.63, 3.8) is 0 Å². The molecule has 2 heteroatoms. The van der Waals surface area contributed by atoms with Crippen LogP contribution in [0, 0.1) is 0 Å². The second-order valence-corrected chi connectivity index (χ2v) is 6.32. The van der Waals surface area contributed by atoms with E-state index in [2.05, 4.69) is 19.7 Å². The van der Waals surface area contributed by atoms with E-state index in [0.717, 1.165) is 0 Å². The molecule has 0 rings (SSSR count). The van der Waals surface area contributed by atoms with Crippen molar-refractivity contribution in [2.24, 2.45) is 0 Å². The van der Waals surface area contributed by atoms with Crippen molar-refractivity contribution in [2.45, 2.75) is 20.8 Å². The van der Waals surface area contributed by atoms with E-state index < -0.39 is 7.14 Å². The maximum absolute atomic E-state index is 12.0. The highest BCUT2D eigenvalue weighted by atomic mass is 31.2. The topological polar surface area (TPSA) is 17.1 Å². The molecule has 0 aliphatic heterocycles. The summed E-state index contributed by atoms with van der Waals surface area (Å²) in [7, 11) is -2.52. The molecule has 0 bridgehead atoms. The maximum Gasteiger partial charge on any atom is 0.156 e. The fourth-order valence-corrected chi connectivity index (χ4v) is 2.93. The van der Waals surface area contributed by atoms with Crippen LogP contribution < -0.4 is 0 Å². The summed E-state index contributed by atoms with van der Waals surface area (Å²) in [6, 6.07) is 0. The van der Waals surface area contributed by atoms with Gasteiger partial charge in [-0.1, -0.05) is 19.7 Å². The predicted octanol–water partition coefficient (Wildman–Crippen LogP) is 3.95. The average Bonchev–Trinajstić information content (AvgIpc) is 1.84. The third-order valence-electron chi connectivity index (χ3n) is 1.61. The van der Waals surface area contributed by atoms with Crippen LogP contribution in [0.15, 0.2) is 35.7 Å². The molecule has 0 radical (unpaired) electrons. The van der Waals surface area contributed by atoms with Crippen molar-refractivity contribution in [3.05, 3.63) is 35.7 Å². The van der Waals surface area contributed by atoms with Crippen LogP contribution in [0.25, 0.3) is 0 Å². The third kappa shape index (κ3) is 1.72. The summed E-state index contributed by atoms with van der Waals surface area (Å²) < 4.78 is 12.0. The molecule has 62 valence electrons. The van der Waals surface area contributed by atoms with Gasteiger partial charge in [0.05, 0.1) is 0 Å². The first-order valence-corrected chi connectivity index (χ1v) is 5.12. The quantitative estimate of drug-likeness (QED) is 0.586. The molecule has 0 aromatic heterocycles. The molecule has 0 aliphatic rings. The Morgan fingerprint density at radius 2 is 1.09 bits per heavy atom. The summed E-state index contributed by atoms with van der Waals surface area (Å²) in [5, 5.41) is 1.99. The van der Waals surface area contributed by atoms with Gasteiger partial charge < -0.3 is 4.57 Å². The van der Waals surface area contributed by atoms with Gasteiger partial charge in [0.15, 0.2) is 7.14 Å². The molecule has 0 aromatic carbocycles. The maximum atomic E-state index is 12.0. The van der Waals surface area contributed by atoms with Crippen LogP contribution >= 0.6 is 7.14 Å². The van der Waals surface area contributed by atoms with E-state index in [9.17, 15) is 4.57 Å². The van der Waals surface area contributed by atoms with Gasteiger partial charge in [-0.25, -0.2) is 0 Å². The monoisotopic (exact) mass is 170 g/mol. The SMILES string of the molecule is C=C(C)P(=O)(C(=C)C)C(=C)C. The predicted molar refractivity (Wildman–Crippen MR) is 52.0 cm³/mol. The number of rotatable bonds is 3. The van der Waals surface area contributed by atoms with Crippen LogP contribution in [0.4, 0.5) is 0 Å². The van der Waals surface area contributed by atoms with Gasteiger partial charge in [-0.2, -0.15) is 0 Å². The minimum absolute atomic E-state index is 0.664. The molecular formula is C9H15OP. The normalized spacial score (nSPS) is 10.8. The third-order valence-corrected chi connectivity index (χ3v) is 4.84. The van der Waals surface area contributed by atoms with E-state index in [-0.39, 0.29) is 0 Å². The number of hydrogen-bond acceptors (Lipinski definition) is 1. The van der Waals surface area contributed by atoms with Gasteiger partial charge in [-0.05, 0) is 36.7 Å². The zero-order chi connectivity index (χ0) is 9.23. The van der Waals surface area contributed by atoms with Crippen LogP contribution in [0.3, 0.4) is 0 Å². The van der Waals surface area contributed by atoms with E-state index in [0.29, 0.717) is 15.9 Å². The molecule has 0 atom stereocenters. The molecule has 0 amide bonds. The van der Waals surface area contributed by atoms with Crippen LogP contribution in [0.1, 0.15) is 20.8 Å². The Labute approximate surface area is 68.9 Å². The van der Waals surface area contributed by atoms with Gasteiger partial charge in [0.1, 0.15) is 0 Å². The zero-order valence-electron chi connectivity index (χ0n) is 7.48. The van der Waals surface area contributed by atoms with E-state index in [1.807, 2.05) is 0 Å².